The van der Waals surface area contributed by atoms with Gasteiger partial charge in [-0.15, -0.1) is 0 Å². The van der Waals surface area contributed by atoms with Gasteiger partial charge >= 0.3 is 5.97 Å². The minimum absolute atomic E-state index is 0.0258. The van der Waals surface area contributed by atoms with Crippen LogP contribution in [-0.2, 0) is 19.1 Å². The third-order valence-corrected chi connectivity index (χ3v) is 2.50. The number of rotatable bonds is 3. The third-order valence-electron chi connectivity index (χ3n) is 2.50. The van der Waals surface area contributed by atoms with Crippen LogP contribution >= 0.6 is 0 Å². The Balaban J connectivity index is 2.32. The molecule has 0 radical (unpaired) electrons. The Morgan fingerprint density at radius 3 is 2.60 bits per heavy atom. The molecule has 4 nitrogen and oxygen atoms in total. The molecule has 1 unspecified atom stereocenters. The molecular weight excluding hydrogens is 196 g/mol. The van der Waals surface area contributed by atoms with Gasteiger partial charge in [-0.3, -0.25) is 14.4 Å². The average Bonchev–Trinajstić information content (AvgIpc) is 2.19. The van der Waals surface area contributed by atoms with Gasteiger partial charge < -0.3 is 4.74 Å². The first-order valence-corrected chi connectivity index (χ1v) is 5.23. The first-order valence-electron chi connectivity index (χ1n) is 5.23. The average molecular weight is 212 g/mol. The first kappa shape index (κ1) is 11.9. The number of hydrogen-bond acceptors (Lipinski definition) is 4. The molecule has 0 aromatic carbocycles. The Morgan fingerprint density at radius 1 is 1.40 bits per heavy atom. The highest BCUT2D eigenvalue weighted by atomic mass is 16.5. The van der Waals surface area contributed by atoms with E-state index in [1.807, 2.05) is 0 Å². The summed E-state index contributed by atoms with van der Waals surface area (Å²) in [7, 11) is 0. The van der Waals surface area contributed by atoms with Gasteiger partial charge in [0.15, 0.2) is 11.6 Å². The molecule has 1 atom stereocenters. The quantitative estimate of drug-likeness (QED) is 0.519. The molecule has 15 heavy (non-hydrogen) atoms. The Kier molecular flexibility index (Phi) is 4.00. The van der Waals surface area contributed by atoms with E-state index in [4.69, 9.17) is 4.74 Å². The van der Waals surface area contributed by atoms with E-state index in [1.165, 1.54) is 0 Å². The van der Waals surface area contributed by atoms with Gasteiger partial charge in [0, 0.05) is 18.8 Å². The van der Waals surface area contributed by atoms with E-state index in [1.54, 1.807) is 13.8 Å². The molecule has 1 aliphatic carbocycles. The lowest BCUT2D eigenvalue weighted by molar-refractivity contribution is -0.150. The topological polar surface area (TPSA) is 60.4 Å². The van der Waals surface area contributed by atoms with E-state index in [2.05, 4.69) is 0 Å². The molecule has 0 aromatic heterocycles. The van der Waals surface area contributed by atoms with E-state index < -0.39 is 0 Å². The number of carbonyl (C=O) groups excluding carboxylic acids is 3. The highest BCUT2D eigenvalue weighted by Gasteiger charge is 2.27. The van der Waals surface area contributed by atoms with Crippen LogP contribution in [0.3, 0.4) is 0 Å². The Hall–Kier alpha value is -1.19. The maximum atomic E-state index is 11.2. The Labute approximate surface area is 89.0 Å². The molecule has 0 spiro atoms. The first-order chi connectivity index (χ1) is 7.00. The second-order valence-electron chi connectivity index (χ2n) is 4.24. The molecule has 0 saturated heterocycles. The number of ether oxygens (including phenoxy) is 1. The van der Waals surface area contributed by atoms with E-state index in [0.717, 1.165) is 0 Å². The summed E-state index contributed by atoms with van der Waals surface area (Å²) in [5.74, 6) is -0.989. The fourth-order valence-corrected chi connectivity index (χ4v) is 1.46. The van der Waals surface area contributed by atoms with Crippen LogP contribution in [0.2, 0.25) is 0 Å². The van der Waals surface area contributed by atoms with Crippen molar-refractivity contribution in [3.63, 3.8) is 0 Å². The molecule has 0 amide bonds. The summed E-state index contributed by atoms with van der Waals surface area (Å²) in [6, 6.07) is 0. The van der Waals surface area contributed by atoms with Crippen LogP contribution in [0.15, 0.2) is 0 Å². The molecule has 0 bridgehead atoms. The van der Waals surface area contributed by atoms with Crippen LogP contribution in [0.25, 0.3) is 0 Å². The third kappa shape index (κ3) is 3.46. The van der Waals surface area contributed by atoms with Crippen molar-refractivity contribution in [2.45, 2.75) is 33.1 Å². The lowest BCUT2D eigenvalue weighted by Crippen LogP contribution is -2.28. The fourth-order valence-electron chi connectivity index (χ4n) is 1.46. The van der Waals surface area contributed by atoms with Gasteiger partial charge in [-0.1, -0.05) is 13.8 Å². The molecule has 4 heteroatoms. The molecule has 0 N–H and O–H groups in total. The van der Waals surface area contributed by atoms with Gasteiger partial charge in [0.05, 0.1) is 12.5 Å². The predicted molar refractivity (Wildman–Crippen MR) is 53.2 cm³/mol. The molecular formula is C11H16O4. The zero-order chi connectivity index (χ0) is 11.4. The molecule has 0 aromatic rings. The van der Waals surface area contributed by atoms with Crippen LogP contribution in [-0.4, -0.2) is 24.1 Å². The molecule has 0 heterocycles. The second-order valence-corrected chi connectivity index (χ2v) is 4.24. The van der Waals surface area contributed by atoms with Gasteiger partial charge in [-0.2, -0.15) is 0 Å². The van der Waals surface area contributed by atoms with E-state index in [-0.39, 0.29) is 42.4 Å². The zero-order valence-corrected chi connectivity index (χ0v) is 9.12. The predicted octanol–water partition coefficient (Wildman–Crippen LogP) is 1.12. The van der Waals surface area contributed by atoms with Crippen molar-refractivity contribution in [1.29, 1.82) is 0 Å². The number of hydrogen-bond donors (Lipinski definition) is 0. The maximum absolute atomic E-state index is 11.2. The summed E-state index contributed by atoms with van der Waals surface area (Å²) in [6.45, 7) is 3.78. The minimum atomic E-state index is -0.327. The fraction of sp³-hybridized carbons (Fsp3) is 0.727. The number of Topliss-reactive ketones (excluding diaryl/α,β-unsaturated/α-hetero) is 2. The number of ketones is 2. The molecule has 84 valence electrons. The molecule has 1 rings (SSSR count). The standard InChI is InChI=1S/C11H16O4/c1-7(2)11(14)15-6-8-3-4-9(12)10(13)5-8/h7-8H,3-6H2,1-2H3. The zero-order valence-electron chi connectivity index (χ0n) is 9.12. The molecule has 1 fully saturated rings. The number of carbonyl (C=O) groups is 3. The summed E-state index contributed by atoms with van der Waals surface area (Å²) < 4.78 is 5.02. The second kappa shape index (κ2) is 5.05. The Bertz CT molecular complexity index is 280. The normalized spacial score (nSPS) is 21.9. The summed E-state index contributed by atoms with van der Waals surface area (Å²) in [4.78, 5) is 33.2. The SMILES string of the molecule is CC(C)C(=O)OCC1CCC(=O)C(=O)C1. The van der Waals surface area contributed by atoms with Crippen LogP contribution in [0, 0.1) is 11.8 Å². The summed E-state index contributed by atoms with van der Waals surface area (Å²) in [5, 5.41) is 0. The summed E-state index contributed by atoms with van der Waals surface area (Å²) in [5.41, 5.74) is 0. The van der Waals surface area contributed by atoms with Gasteiger partial charge in [0.25, 0.3) is 0 Å². The van der Waals surface area contributed by atoms with Crippen LogP contribution in [0.5, 0.6) is 0 Å². The highest BCUT2D eigenvalue weighted by molar-refractivity contribution is 6.37. The van der Waals surface area contributed by atoms with Crippen molar-refractivity contribution in [3.8, 4) is 0 Å². The van der Waals surface area contributed by atoms with Crippen LogP contribution < -0.4 is 0 Å². The summed E-state index contributed by atoms with van der Waals surface area (Å²) >= 11 is 0. The largest absolute Gasteiger partial charge is 0.465 e. The van der Waals surface area contributed by atoms with Gasteiger partial charge in [-0.05, 0) is 6.42 Å². The van der Waals surface area contributed by atoms with Crippen molar-refractivity contribution in [2.75, 3.05) is 6.61 Å². The van der Waals surface area contributed by atoms with Crippen molar-refractivity contribution in [2.24, 2.45) is 11.8 Å². The highest BCUT2D eigenvalue weighted by Crippen LogP contribution is 2.19. The molecule has 0 aliphatic heterocycles. The van der Waals surface area contributed by atoms with Gasteiger partial charge in [0.1, 0.15) is 0 Å². The van der Waals surface area contributed by atoms with Crippen molar-refractivity contribution in [1.82, 2.24) is 0 Å². The summed E-state index contributed by atoms with van der Waals surface area (Å²) in [6.07, 6.45) is 1.17. The van der Waals surface area contributed by atoms with Gasteiger partial charge in [0.2, 0.25) is 0 Å². The molecule has 1 aliphatic rings. The number of esters is 1. The van der Waals surface area contributed by atoms with Gasteiger partial charge in [-0.25, -0.2) is 0 Å². The van der Waals surface area contributed by atoms with E-state index in [0.29, 0.717) is 12.8 Å². The Morgan fingerprint density at radius 2 is 2.07 bits per heavy atom. The van der Waals surface area contributed by atoms with E-state index >= 15 is 0 Å². The maximum Gasteiger partial charge on any atom is 0.308 e. The monoisotopic (exact) mass is 212 g/mol. The van der Waals surface area contributed by atoms with Crippen molar-refractivity contribution >= 4 is 17.5 Å². The smallest absolute Gasteiger partial charge is 0.308 e. The lowest BCUT2D eigenvalue weighted by Gasteiger charge is -2.20. The van der Waals surface area contributed by atoms with Crippen LogP contribution in [0.1, 0.15) is 33.1 Å². The van der Waals surface area contributed by atoms with E-state index in [9.17, 15) is 14.4 Å². The van der Waals surface area contributed by atoms with Crippen molar-refractivity contribution < 1.29 is 19.1 Å². The molecule has 1 saturated carbocycles. The van der Waals surface area contributed by atoms with Crippen molar-refractivity contribution in [3.05, 3.63) is 0 Å². The minimum Gasteiger partial charge on any atom is -0.465 e. The lowest BCUT2D eigenvalue weighted by atomic mass is 9.88. The van der Waals surface area contributed by atoms with Crippen LogP contribution in [0.4, 0.5) is 0 Å².